The normalized spacial score (nSPS) is 20.7. The van der Waals surface area contributed by atoms with E-state index in [4.69, 9.17) is 4.74 Å². The number of benzene rings is 1. The van der Waals surface area contributed by atoms with Crippen molar-refractivity contribution in [3.05, 3.63) is 32.7 Å². The van der Waals surface area contributed by atoms with E-state index in [1.807, 2.05) is 18.2 Å². The molecule has 1 aromatic carbocycles. The molecule has 1 fully saturated rings. The van der Waals surface area contributed by atoms with E-state index >= 15 is 0 Å². The second kappa shape index (κ2) is 4.53. The number of ether oxygens (including phenoxy) is 1. The van der Waals surface area contributed by atoms with E-state index < -0.39 is 0 Å². The Hall–Kier alpha value is -0.550. The molecule has 1 aliphatic heterocycles. The number of rotatable bonds is 1. The van der Waals surface area contributed by atoms with Gasteiger partial charge in [-0.3, -0.25) is 0 Å². The van der Waals surface area contributed by atoms with Crippen molar-refractivity contribution in [3.63, 3.8) is 0 Å². The van der Waals surface area contributed by atoms with Crippen LogP contribution < -0.4 is 5.32 Å². The highest BCUT2D eigenvalue weighted by Gasteiger charge is 2.21. The summed E-state index contributed by atoms with van der Waals surface area (Å²) in [4.78, 5) is 11.1. The van der Waals surface area contributed by atoms with E-state index in [0.29, 0.717) is 6.61 Å². The highest BCUT2D eigenvalue weighted by Crippen LogP contribution is 2.27. The molecule has 80 valence electrons. The zero-order valence-electron chi connectivity index (χ0n) is 7.80. The average molecular weight is 335 g/mol. The van der Waals surface area contributed by atoms with Crippen LogP contribution in [0, 0.1) is 0 Å². The molecule has 1 atom stereocenters. The van der Waals surface area contributed by atoms with Gasteiger partial charge in [0.25, 0.3) is 0 Å². The number of amides is 1. The lowest BCUT2D eigenvalue weighted by atomic mass is 10.0. The smallest absolute Gasteiger partial charge is 0.407 e. The van der Waals surface area contributed by atoms with Crippen molar-refractivity contribution in [2.45, 2.75) is 12.5 Å². The van der Waals surface area contributed by atoms with E-state index in [2.05, 4.69) is 37.2 Å². The molecule has 5 heteroatoms. The Balaban J connectivity index is 2.24. The third kappa shape index (κ3) is 2.72. The topological polar surface area (TPSA) is 38.3 Å². The molecule has 1 aromatic rings. The molecule has 15 heavy (non-hydrogen) atoms. The van der Waals surface area contributed by atoms with Crippen LogP contribution in [0.3, 0.4) is 0 Å². The molecule has 1 heterocycles. The minimum absolute atomic E-state index is 0.0417. The third-order valence-electron chi connectivity index (χ3n) is 2.22. The second-order valence-electron chi connectivity index (χ2n) is 3.32. The number of hydrogen-bond acceptors (Lipinski definition) is 2. The average Bonchev–Trinajstić information content (AvgIpc) is 2.16. The van der Waals surface area contributed by atoms with Crippen LogP contribution in [0.15, 0.2) is 27.1 Å². The van der Waals surface area contributed by atoms with Crippen molar-refractivity contribution in [2.24, 2.45) is 0 Å². The fourth-order valence-corrected chi connectivity index (χ4v) is 2.88. The Morgan fingerprint density at radius 1 is 1.27 bits per heavy atom. The molecule has 1 saturated heterocycles. The number of alkyl carbamates (subject to hydrolysis) is 1. The fourth-order valence-electron chi connectivity index (χ4n) is 1.55. The number of cyclic esters (lactones) is 1. The Labute approximate surface area is 104 Å². The van der Waals surface area contributed by atoms with Crippen LogP contribution in [0.1, 0.15) is 18.0 Å². The van der Waals surface area contributed by atoms with Crippen molar-refractivity contribution < 1.29 is 9.53 Å². The Bertz CT molecular complexity index is 375. The molecule has 0 radical (unpaired) electrons. The predicted octanol–water partition coefficient (Wildman–Crippen LogP) is 3.38. The first-order valence-corrected chi connectivity index (χ1v) is 6.13. The maximum Gasteiger partial charge on any atom is 0.407 e. The lowest BCUT2D eigenvalue weighted by Crippen LogP contribution is -2.35. The molecule has 0 spiro atoms. The lowest BCUT2D eigenvalue weighted by molar-refractivity contribution is 0.115. The summed E-state index contributed by atoms with van der Waals surface area (Å²) in [5.41, 5.74) is 1.08. The van der Waals surface area contributed by atoms with Crippen molar-refractivity contribution in [1.82, 2.24) is 5.32 Å². The number of carbonyl (C=O) groups excluding carboxylic acids is 1. The molecule has 0 aromatic heterocycles. The van der Waals surface area contributed by atoms with Crippen LogP contribution in [0.5, 0.6) is 0 Å². The molecular formula is C10H9Br2NO2. The first-order valence-electron chi connectivity index (χ1n) is 4.54. The number of nitrogens with one attached hydrogen (secondary N) is 1. The van der Waals surface area contributed by atoms with Crippen molar-refractivity contribution >= 4 is 38.0 Å². The van der Waals surface area contributed by atoms with Gasteiger partial charge < -0.3 is 10.1 Å². The van der Waals surface area contributed by atoms with Crippen LogP contribution in [-0.2, 0) is 4.74 Å². The van der Waals surface area contributed by atoms with Crippen molar-refractivity contribution in [1.29, 1.82) is 0 Å². The molecule has 0 saturated carbocycles. The quantitative estimate of drug-likeness (QED) is 0.855. The zero-order chi connectivity index (χ0) is 10.8. The minimum atomic E-state index is -0.345. The molecule has 1 amide bonds. The summed E-state index contributed by atoms with van der Waals surface area (Å²) in [5, 5.41) is 2.78. The monoisotopic (exact) mass is 333 g/mol. The maximum atomic E-state index is 11.1. The summed E-state index contributed by atoms with van der Waals surface area (Å²) >= 11 is 6.84. The van der Waals surface area contributed by atoms with Crippen LogP contribution in [-0.4, -0.2) is 12.7 Å². The van der Waals surface area contributed by atoms with Crippen LogP contribution in [0.4, 0.5) is 4.79 Å². The van der Waals surface area contributed by atoms with E-state index in [1.165, 1.54) is 0 Å². The van der Waals surface area contributed by atoms with Gasteiger partial charge in [0.1, 0.15) is 0 Å². The van der Waals surface area contributed by atoms with Gasteiger partial charge in [0, 0.05) is 15.4 Å². The molecular weight excluding hydrogens is 326 g/mol. The summed E-state index contributed by atoms with van der Waals surface area (Å²) < 4.78 is 6.80. The maximum absolute atomic E-state index is 11.1. The number of halogens is 2. The van der Waals surface area contributed by atoms with Gasteiger partial charge in [-0.15, -0.1) is 0 Å². The van der Waals surface area contributed by atoms with E-state index in [9.17, 15) is 4.79 Å². The van der Waals surface area contributed by atoms with Crippen molar-refractivity contribution in [2.75, 3.05) is 6.61 Å². The SMILES string of the molecule is O=C1N[C@@H](c2cc(Br)cc(Br)c2)CCO1. The van der Waals surface area contributed by atoms with Gasteiger partial charge in [-0.1, -0.05) is 31.9 Å². The second-order valence-corrected chi connectivity index (χ2v) is 5.16. The van der Waals surface area contributed by atoms with Gasteiger partial charge in [-0.25, -0.2) is 4.79 Å². The van der Waals surface area contributed by atoms with E-state index in [1.54, 1.807) is 0 Å². The van der Waals surface area contributed by atoms with Gasteiger partial charge >= 0.3 is 6.09 Å². The Kier molecular flexibility index (Phi) is 3.31. The summed E-state index contributed by atoms with van der Waals surface area (Å²) in [5.74, 6) is 0. The minimum Gasteiger partial charge on any atom is -0.449 e. The van der Waals surface area contributed by atoms with Crippen LogP contribution >= 0.6 is 31.9 Å². The molecule has 0 aliphatic carbocycles. The molecule has 0 bridgehead atoms. The standard InChI is InChI=1S/C10H9Br2NO2/c11-7-3-6(4-8(12)5-7)9-1-2-15-10(14)13-9/h3-5,9H,1-2H2,(H,13,14)/t9-/m1/s1. The van der Waals surface area contributed by atoms with Crippen molar-refractivity contribution in [3.8, 4) is 0 Å². The zero-order valence-corrected chi connectivity index (χ0v) is 11.0. The molecule has 1 N–H and O–H groups in total. The van der Waals surface area contributed by atoms with Gasteiger partial charge in [-0.2, -0.15) is 0 Å². The largest absolute Gasteiger partial charge is 0.449 e. The first-order chi connectivity index (χ1) is 7.15. The van der Waals surface area contributed by atoms with Gasteiger partial charge in [0.05, 0.1) is 12.6 Å². The predicted molar refractivity (Wildman–Crippen MR) is 63.7 cm³/mol. The molecule has 0 unspecified atom stereocenters. The van der Waals surface area contributed by atoms with Gasteiger partial charge in [0.15, 0.2) is 0 Å². The number of hydrogen-bond donors (Lipinski definition) is 1. The summed E-state index contributed by atoms with van der Waals surface area (Å²) in [7, 11) is 0. The highest BCUT2D eigenvalue weighted by atomic mass is 79.9. The molecule has 1 aliphatic rings. The fraction of sp³-hybridized carbons (Fsp3) is 0.300. The molecule has 2 rings (SSSR count). The van der Waals surface area contributed by atoms with Crippen LogP contribution in [0.2, 0.25) is 0 Å². The Morgan fingerprint density at radius 3 is 2.53 bits per heavy atom. The first kappa shape index (κ1) is 11.0. The van der Waals surface area contributed by atoms with E-state index in [0.717, 1.165) is 20.9 Å². The lowest BCUT2D eigenvalue weighted by Gasteiger charge is -2.24. The van der Waals surface area contributed by atoms with Gasteiger partial charge in [0.2, 0.25) is 0 Å². The summed E-state index contributed by atoms with van der Waals surface area (Å²) in [6.45, 7) is 0.473. The number of carbonyl (C=O) groups is 1. The molecule has 3 nitrogen and oxygen atoms in total. The summed E-state index contributed by atoms with van der Waals surface area (Å²) in [6, 6.07) is 6.01. The van der Waals surface area contributed by atoms with E-state index in [-0.39, 0.29) is 12.1 Å². The van der Waals surface area contributed by atoms with Gasteiger partial charge in [-0.05, 0) is 23.8 Å². The Morgan fingerprint density at radius 2 is 1.93 bits per heavy atom. The highest BCUT2D eigenvalue weighted by molar-refractivity contribution is 9.11. The van der Waals surface area contributed by atoms with Crippen LogP contribution in [0.25, 0.3) is 0 Å². The third-order valence-corrected chi connectivity index (χ3v) is 3.13. The summed E-state index contributed by atoms with van der Waals surface area (Å²) in [6.07, 6.45) is 0.455.